The van der Waals surface area contributed by atoms with Crippen molar-refractivity contribution in [1.82, 2.24) is 14.9 Å². The predicted octanol–water partition coefficient (Wildman–Crippen LogP) is 1.34. The lowest BCUT2D eigenvalue weighted by atomic mass is 9.92. The zero-order valence-electron chi connectivity index (χ0n) is 14.4. The Kier molecular flexibility index (Phi) is 5.58. The second-order valence-electron chi connectivity index (χ2n) is 6.87. The number of rotatable bonds is 6. The zero-order valence-corrected chi connectivity index (χ0v) is 15.3. The van der Waals surface area contributed by atoms with Crippen molar-refractivity contribution in [3.8, 4) is 11.4 Å². The van der Waals surface area contributed by atoms with Crippen LogP contribution in [0.3, 0.4) is 0 Å². The maximum Gasteiger partial charge on any atom is 0.264 e. The molecule has 3 N–H and O–H groups in total. The first-order chi connectivity index (χ1) is 11.6. The topological polar surface area (TPSA) is 128 Å². The quantitative estimate of drug-likeness (QED) is 0.789. The highest BCUT2D eigenvalue weighted by Crippen LogP contribution is 2.22. The smallest absolute Gasteiger partial charge is 0.264 e. The van der Waals surface area contributed by atoms with E-state index >= 15 is 0 Å². The van der Waals surface area contributed by atoms with Crippen molar-refractivity contribution in [3.05, 3.63) is 35.7 Å². The molecule has 2 aromatic rings. The number of amides is 1. The van der Waals surface area contributed by atoms with E-state index in [9.17, 15) is 13.2 Å². The third kappa shape index (κ3) is 5.64. The molecule has 0 aliphatic carbocycles. The average Bonchev–Trinajstić information content (AvgIpc) is 2.93. The van der Waals surface area contributed by atoms with Gasteiger partial charge in [-0.25, -0.2) is 13.1 Å². The van der Waals surface area contributed by atoms with Gasteiger partial charge < -0.3 is 10.3 Å². The van der Waals surface area contributed by atoms with Gasteiger partial charge >= 0.3 is 0 Å². The van der Waals surface area contributed by atoms with Crippen molar-refractivity contribution in [2.24, 2.45) is 11.1 Å². The molecule has 0 fully saturated rings. The highest BCUT2D eigenvalue weighted by atomic mass is 32.2. The summed E-state index contributed by atoms with van der Waals surface area (Å²) in [7, 11) is -3.75. The van der Waals surface area contributed by atoms with E-state index in [-0.39, 0.29) is 23.3 Å². The van der Waals surface area contributed by atoms with Crippen LogP contribution in [0.25, 0.3) is 11.4 Å². The number of hydrogen-bond donors (Lipinski definition) is 2. The molecule has 0 aliphatic rings. The van der Waals surface area contributed by atoms with Crippen molar-refractivity contribution in [1.29, 1.82) is 0 Å². The Morgan fingerprint density at radius 3 is 2.68 bits per heavy atom. The van der Waals surface area contributed by atoms with E-state index in [4.69, 9.17) is 10.3 Å². The van der Waals surface area contributed by atoms with E-state index in [1.54, 1.807) is 12.1 Å². The Labute approximate surface area is 146 Å². The molecular weight excluding hydrogens is 344 g/mol. The lowest BCUT2D eigenvalue weighted by Gasteiger charge is -2.13. The van der Waals surface area contributed by atoms with E-state index in [2.05, 4.69) is 30.9 Å². The van der Waals surface area contributed by atoms with Crippen LogP contribution in [0.2, 0.25) is 0 Å². The highest BCUT2D eigenvalue weighted by molar-refractivity contribution is 7.90. The van der Waals surface area contributed by atoms with E-state index in [0.717, 1.165) is 0 Å². The number of hydrogen-bond acceptors (Lipinski definition) is 7. The molecule has 2 rings (SSSR count). The van der Waals surface area contributed by atoms with Gasteiger partial charge in [0.05, 0.1) is 5.75 Å². The fraction of sp³-hybridized carbons (Fsp3) is 0.438. The summed E-state index contributed by atoms with van der Waals surface area (Å²) < 4.78 is 30.5. The molecule has 25 heavy (non-hydrogen) atoms. The molecular formula is C16H22N4O4S. The average molecular weight is 366 g/mol. The molecule has 1 amide bonds. The largest absolute Gasteiger partial charge is 0.339 e. The van der Waals surface area contributed by atoms with Gasteiger partial charge in [0.15, 0.2) is 0 Å². The van der Waals surface area contributed by atoms with Gasteiger partial charge in [0.1, 0.15) is 0 Å². The number of nitrogens with two attached hydrogens (primary N) is 1. The number of nitrogens with zero attached hydrogens (tertiary/aromatic N) is 2. The fourth-order valence-electron chi connectivity index (χ4n) is 2.10. The number of benzene rings is 1. The third-order valence-corrected chi connectivity index (χ3v) is 4.44. The van der Waals surface area contributed by atoms with Gasteiger partial charge in [-0.15, -0.1) is 0 Å². The summed E-state index contributed by atoms with van der Waals surface area (Å²) in [5.41, 5.74) is 5.96. The number of carbonyl (C=O) groups is 1. The molecule has 8 nitrogen and oxygen atoms in total. The van der Waals surface area contributed by atoms with Gasteiger partial charge in [0.2, 0.25) is 21.7 Å². The van der Waals surface area contributed by atoms with Gasteiger partial charge in [-0.3, -0.25) is 4.79 Å². The van der Waals surface area contributed by atoms with Crippen molar-refractivity contribution >= 4 is 15.9 Å². The molecule has 0 unspecified atom stereocenters. The van der Waals surface area contributed by atoms with Gasteiger partial charge in [-0.05, 0) is 17.5 Å². The summed E-state index contributed by atoms with van der Waals surface area (Å²) >= 11 is 0. The molecule has 0 saturated heterocycles. The lowest BCUT2D eigenvalue weighted by molar-refractivity contribution is 0.0981. The monoisotopic (exact) mass is 366 g/mol. The van der Waals surface area contributed by atoms with Crippen LogP contribution in [-0.4, -0.2) is 36.8 Å². The van der Waals surface area contributed by atoms with Crippen LogP contribution in [0.1, 0.15) is 37.0 Å². The standard InChI is InChI=1S/C16H22N4O4S/c1-16(2,3)10-13-18-14(19-24-13)11-5-4-6-12(9-11)15(21)20-25(22,23)8-7-17/h4-6,9H,7-8,10,17H2,1-3H3,(H,20,21). The Bertz CT molecular complexity index is 853. The molecule has 1 aromatic carbocycles. The summed E-state index contributed by atoms with van der Waals surface area (Å²) in [5, 5.41) is 3.92. The normalized spacial score (nSPS) is 12.2. The maximum atomic E-state index is 12.1. The van der Waals surface area contributed by atoms with E-state index in [1.807, 2.05) is 4.72 Å². The molecule has 136 valence electrons. The minimum absolute atomic E-state index is 0.00287. The Morgan fingerprint density at radius 2 is 2.04 bits per heavy atom. The number of sulfonamides is 1. The maximum absolute atomic E-state index is 12.1. The van der Waals surface area contributed by atoms with E-state index < -0.39 is 15.9 Å². The number of nitrogens with one attached hydrogen (secondary N) is 1. The van der Waals surface area contributed by atoms with Crippen molar-refractivity contribution in [2.75, 3.05) is 12.3 Å². The van der Waals surface area contributed by atoms with Crippen LogP contribution in [0, 0.1) is 5.41 Å². The molecule has 1 heterocycles. The Morgan fingerprint density at radius 1 is 1.32 bits per heavy atom. The summed E-state index contributed by atoms with van der Waals surface area (Å²) in [5.74, 6) is -0.199. The Hall–Kier alpha value is -2.26. The first-order valence-electron chi connectivity index (χ1n) is 7.77. The SMILES string of the molecule is CC(C)(C)Cc1nc(-c2cccc(C(=O)NS(=O)(=O)CCN)c2)no1. The van der Waals surface area contributed by atoms with Gasteiger partial charge in [0, 0.05) is 24.1 Å². The summed E-state index contributed by atoms with van der Waals surface area (Å²) in [6, 6.07) is 6.36. The van der Waals surface area contributed by atoms with Crippen LogP contribution in [0.5, 0.6) is 0 Å². The van der Waals surface area contributed by atoms with Crippen molar-refractivity contribution in [2.45, 2.75) is 27.2 Å². The van der Waals surface area contributed by atoms with Gasteiger partial charge in [-0.1, -0.05) is 38.1 Å². The summed E-state index contributed by atoms with van der Waals surface area (Å²) in [6.45, 7) is 6.11. The van der Waals surface area contributed by atoms with Crippen molar-refractivity contribution < 1.29 is 17.7 Å². The fourth-order valence-corrected chi connectivity index (χ4v) is 2.92. The third-order valence-electron chi connectivity index (χ3n) is 3.17. The summed E-state index contributed by atoms with van der Waals surface area (Å²) in [6.07, 6.45) is 0.623. The van der Waals surface area contributed by atoms with Gasteiger partial charge in [0.25, 0.3) is 5.91 Å². The summed E-state index contributed by atoms with van der Waals surface area (Å²) in [4.78, 5) is 16.4. The molecule has 1 aromatic heterocycles. The van der Waals surface area contributed by atoms with Crippen LogP contribution < -0.4 is 10.5 Å². The number of carbonyl (C=O) groups excluding carboxylic acids is 1. The molecule has 0 atom stereocenters. The first-order valence-corrected chi connectivity index (χ1v) is 9.43. The second kappa shape index (κ2) is 7.32. The molecule has 0 radical (unpaired) electrons. The Balaban J connectivity index is 2.20. The van der Waals surface area contributed by atoms with Crippen LogP contribution in [0.15, 0.2) is 28.8 Å². The minimum atomic E-state index is -3.75. The van der Waals surface area contributed by atoms with Gasteiger partial charge in [-0.2, -0.15) is 4.98 Å². The van der Waals surface area contributed by atoms with E-state index in [0.29, 0.717) is 23.7 Å². The lowest BCUT2D eigenvalue weighted by Crippen LogP contribution is -2.34. The molecule has 0 spiro atoms. The molecule has 0 bridgehead atoms. The van der Waals surface area contributed by atoms with Crippen LogP contribution >= 0.6 is 0 Å². The molecule has 9 heteroatoms. The number of aromatic nitrogens is 2. The van der Waals surface area contributed by atoms with Crippen molar-refractivity contribution in [3.63, 3.8) is 0 Å². The zero-order chi connectivity index (χ0) is 18.7. The van der Waals surface area contributed by atoms with Crippen LogP contribution in [-0.2, 0) is 16.4 Å². The second-order valence-corrected chi connectivity index (χ2v) is 8.71. The van der Waals surface area contributed by atoms with E-state index in [1.165, 1.54) is 12.1 Å². The highest BCUT2D eigenvalue weighted by Gasteiger charge is 2.19. The molecule has 0 aliphatic heterocycles. The first kappa shape index (κ1) is 19.1. The van der Waals surface area contributed by atoms with Crippen LogP contribution in [0.4, 0.5) is 0 Å². The minimum Gasteiger partial charge on any atom is -0.339 e. The predicted molar refractivity (Wildman–Crippen MR) is 93.2 cm³/mol. The molecule has 0 saturated carbocycles.